The van der Waals surface area contributed by atoms with E-state index in [2.05, 4.69) is 10.4 Å². The second kappa shape index (κ2) is 6.00. The Labute approximate surface area is 131 Å². The van der Waals surface area contributed by atoms with Gasteiger partial charge in [0.15, 0.2) is 0 Å². The van der Waals surface area contributed by atoms with E-state index in [1.165, 1.54) is 12.3 Å². The number of hydrogen-bond donors (Lipinski definition) is 1. The van der Waals surface area contributed by atoms with Crippen LogP contribution in [0.5, 0.6) is 0 Å². The molecule has 1 N–H and O–H groups in total. The summed E-state index contributed by atoms with van der Waals surface area (Å²) in [7, 11) is 0. The van der Waals surface area contributed by atoms with E-state index in [0.717, 1.165) is 17.8 Å². The van der Waals surface area contributed by atoms with Crippen LogP contribution in [0.15, 0.2) is 54.7 Å². The highest BCUT2D eigenvalue weighted by molar-refractivity contribution is 6.05. The van der Waals surface area contributed by atoms with Crippen molar-refractivity contribution in [2.45, 2.75) is 6.92 Å². The van der Waals surface area contributed by atoms with Gasteiger partial charge >= 0.3 is 0 Å². The van der Waals surface area contributed by atoms with Crippen LogP contribution in [-0.4, -0.2) is 15.7 Å². The van der Waals surface area contributed by atoms with Crippen LogP contribution in [0, 0.1) is 18.6 Å². The lowest BCUT2D eigenvalue weighted by molar-refractivity contribution is 0.102. The van der Waals surface area contributed by atoms with Crippen LogP contribution < -0.4 is 5.32 Å². The number of anilines is 1. The van der Waals surface area contributed by atoms with Crippen molar-refractivity contribution >= 4 is 11.6 Å². The molecule has 6 heteroatoms. The first kappa shape index (κ1) is 14.9. The fourth-order valence-corrected chi connectivity index (χ4v) is 2.24. The van der Waals surface area contributed by atoms with Gasteiger partial charge in [-0.2, -0.15) is 5.10 Å². The minimum Gasteiger partial charge on any atom is -0.319 e. The topological polar surface area (TPSA) is 46.9 Å². The van der Waals surface area contributed by atoms with Gasteiger partial charge < -0.3 is 5.32 Å². The summed E-state index contributed by atoms with van der Waals surface area (Å²) in [5.74, 6) is -2.03. The normalized spacial score (nSPS) is 10.6. The number of nitrogens with zero attached hydrogens (tertiary/aromatic N) is 2. The van der Waals surface area contributed by atoms with E-state index in [0.29, 0.717) is 11.3 Å². The minimum atomic E-state index is -0.827. The van der Waals surface area contributed by atoms with Gasteiger partial charge in [-0.15, -0.1) is 0 Å². The van der Waals surface area contributed by atoms with Crippen molar-refractivity contribution in [3.8, 4) is 5.69 Å². The lowest BCUT2D eigenvalue weighted by Crippen LogP contribution is -2.14. The maximum Gasteiger partial charge on any atom is 0.259 e. The van der Waals surface area contributed by atoms with Crippen molar-refractivity contribution < 1.29 is 13.6 Å². The van der Waals surface area contributed by atoms with Crippen LogP contribution in [-0.2, 0) is 0 Å². The number of benzene rings is 2. The number of halogens is 2. The van der Waals surface area contributed by atoms with Gasteiger partial charge in [-0.05, 0) is 31.2 Å². The maximum atomic E-state index is 13.6. The van der Waals surface area contributed by atoms with Crippen LogP contribution in [0.3, 0.4) is 0 Å². The Hall–Kier alpha value is -3.02. The first-order chi connectivity index (χ1) is 11.1. The third kappa shape index (κ3) is 2.96. The number of para-hydroxylation sites is 1. The molecule has 0 fully saturated rings. The van der Waals surface area contributed by atoms with Crippen molar-refractivity contribution in [2.75, 3.05) is 5.32 Å². The summed E-state index contributed by atoms with van der Waals surface area (Å²) in [4.78, 5) is 12.3. The summed E-state index contributed by atoms with van der Waals surface area (Å²) >= 11 is 0. The Morgan fingerprint density at radius 1 is 1.13 bits per heavy atom. The summed E-state index contributed by atoms with van der Waals surface area (Å²) in [6.45, 7) is 1.75. The molecule has 0 bridgehead atoms. The van der Waals surface area contributed by atoms with Crippen LogP contribution in [0.1, 0.15) is 16.1 Å². The van der Waals surface area contributed by atoms with E-state index in [1.807, 2.05) is 30.3 Å². The molecule has 0 radical (unpaired) electrons. The summed E-state index contributed by atoms with van der Waals surface area (Å²) in [6, 6.07) is 12.3. The number of aromatic nitrogens is 2. The molecule has 0 spiro atoms. The second-order valence-corrected chi connectivity index (χ2v) is 4.97. The van der Waals surface area contributed by atoms with E-state index in [1.54, 1.807) is 11.6 Å². The van der Waals surface area contributed by atoms with Gasteiger partial charge in [0, 0.05) is 6.07 Å². The zero-order valence-electron chi connectivity index (χ0n) is 12.3. The molecule has 0 unspecified atom stereocenters. The fourth-order valence-electron chi connectivity index (χ4n) is 2.24. The predicted octanol–water partition coefficient (Wildman–Crippen LogP) is 3.71. The van der Waals surface area contributed by atoms with E-state index in [-0.39, 0.29) is 5.69 Å². The molecule has 0 aliphatic rings. The lowest BCUT2D eigenvalue weighted by Gasteiger charge is -2.07. The molecule has 3 rings (SSSR count). The molecule has 4 nitrogen and oxygen atoms in total. The number of carbonyl (C=O) groups is 1. The van der Waals surface area contributed by atoms with Gasteiger partial charge in [0.1, 0.15) is 11.6 Å². The number of nitrogens with one attached hydrogen (secondary N) is 1. The van der Waals surface area contributed by atoms with Gasteiger partial charge in [-0.3, -0.25) is 4.79 Å². The van der Waals surface area contributed by atoms with Gasteiger partial charge in [-0.25, -0.2) is 13.5 Å². The van der Waals surface area contributed by atoms with Gasteiger partial charge in [0.25, 0.3) is 5.91 Å². The number of carbonyl (C=O) groups excluding carboxylic acids is 1. The molecule has 116 valence electrons. The predicted molar refractivity (Wildman–Crippen MR) is 82.6 cm³/mol. The Balaban J connectivity index is 1.88. The zero-order chi connectivity index (χ0) is 16.4. The number of amides is 1. The van der Waals surface area contributed by atoms with Crippen LogP contribution in [0.25, 0.3) is 5.69 Å². The third-order valence-electron chi connectivity index (χ3n) is 3.43. The maximum absolute atomic E-state index is 13.6. The van der Waals surface area contributed by atoms with E-state index in [9.17, 15) is 13.6 Å². The molecule has 0 saturated heterocycles. The molecule has 0 aliphatic heterocycles. The fraction of sp³-hybridized carbons (Fsp3) is 0.0588. The van der Waals surface area contributed by atoms with Gasteiger partial charge in [0.05, 0.1) is 28.8 Å². The average Bonchev–Trinajstić information content (AvgIpc) is 2.92. The highest BCUT2D eigenvalue weighted by Gasteiger charge is 2.16. The SMILES string of the molecule is Cc1c(C(=O)Nc2ccc(F)cc2F)cnn1-c1ccccc1. The van der Waals surface area contributed by atoms with Crippen LogP contribution >= 0.6 is 0 Å². The molecular formula is C17H13F2N3O. The Kier molecular flexibility index (Phi) is 3.89. The molecule has 2 aromatic carbocycles. The summed E-state index contributed by atoms with van der Waals surface area (Å²) in [5.41, 5.74) is 1.68. The highest BCUT2D eigenvalue weighted by atomic mass is 19.1. The third-order valence-corrected chi connectivity index (χ3v) is 3.43. The smallest absolute Gasteiger partial charge is 0.259 e. The van der Waals surface area contributed by atoms with Crippen LogP contribution in [0.4, 0.5) is 14.5 Å². The minimum absolute atomic E-state index is 0.0803. The lowest BCUT2D eigenvalue weighted by atomic mass is 10.2. The Morgan fingerprint density at radius 3 is 2.57 bits per heavy atom. The summed E-state index contributed by atoms with van der Waals surface area (Å²) < 4.78 is 28.1. The molecule has 3 aromatic rings. The summed E-state index contributed by atoms with van der Waals surface area (Å²) in [6.07, 6.45) is 1.42. The molecule has 1 aromatic heterocycles. The first-order valence-corrected chi connectivity index (χ1v) is 6.92. The quantitative estimate of drug-likeness (QED) is 0.801. The van der Waals surface area contributed by atoms with Gasteiger partial charge in [0.2, 0.25) is 0 Å². The first-order valence-electron chi connectivity index (χ1n) is 6.92. The van der Waals surface area contributed by atoms with Crippen molar-refractivity contribution in [2.24, 2.45) is 0 Å². The molecule has 23 heavy (non-hydrogen) atoms. The van der Waals surface area contributed by atoms with Crippen LogP contribution in [0.2, 0.25) is 0 Å². The molecule has 1 heterocycles. The van der Waals surface area contributed by atoms with Crippen molar-refractivity contribution in [1.82, 2.24) is 9.78 Å². The number of rotatable bonds is 3. The van der Waals surface area contributed by atoms with Crippen molar-refractivity contribution in [3.05, 3.63) is 77.6 Å². The van der Waals surface area contributed by atoms with Crippen molar-refractivity contribution in [3.63, 3.8) is 0 Å². The standard InChI is InChI=1S/C17H13F2N3O/c1-11-14(10-20-22(11)13-5-3-2-4-6-13)17(23)21-16-8-7-12(18)9-15(16)19/h2-10H,1H3,(H,21,23). The second-order valence-electron chi connectivity index (χ2n) is 4.97. The largest absolute Gasteiger partial charge is 0.319 e. The van der Waals surface area contributed by atoms with E-state index in [4.69, 9.17) is 0 Å². The molecule has 0 aliphatic carbocycles. The molecule has 0 saturated carbocycles. The number of hydrogen-bond acceptors (Lipinski definition) is 2. The summed E-state index contributed by atoms with van der Waals surface area (Å²) in [5, 5.41) is 6.61. The molecule has 1 amide bonds. The highest BCUT2D eigenvalue weighted by Crippen LogP contribution is 2.18. The van der Waals surface area contributed by atoms with E-state index < -0.39 is 17.5 Å². The average molecular weight is 313 g/mol. The van der Waals surface area contributed by atoms with Gasteiger partial charge in [-0.1, -0.05) is 18.2 Å². The molecule has 0 atom stereocenters. The monoisotopic (exact) mass is 313 g/mol. The Bertz CT molecular complexity index is 860. The van der Waals surface area contributed by atoms with Crippen molar-refractivity contribution in [1.29, 1.82) is 0 Å². The van der Waals surface area contributed by atoms with E-state index >= 15 is 0 Å². The Morgan fingerprint density at radius 2 is 1.87 bits per heavy atom. The molecular weight excluding hydrogens is 300 g/mol. The zero-order valence-corrected chi connectivity index (χ0v) is 12.3.